The average Bonchev–Trinajstić information content (AvgIpc) is 3.11. The number of hydrogen-bond acceptors (Lipinski definition) is 3. The monoisotopic (exact) mass is 269 g/mol. The number of benzene rings is 1. The largest absolute Gasteiger partial charge is 0.392 e. The molecule has 0 unspecified atom stereocenters. The number of hydrogen-bond donors (Lipinski definition) is 2. The molecule has 1 aromatic rings. The molecule has 2 N–H and O–H groups in total. The van der Waals surface area contributed by atoms with Crippen LogP contribution in [0.5, 0.6) is 0 Å². The van der Waals surface area contributed by atoms with Crippen molar-refractivity contribution in [3.63, 3.8) is 0 Å². The molecular weight excluding hydrogens is 250 g/mol. The lowest BCUT2D eigenvalue weighted by atomic mass is 10.0. The van der Waals surface area contributed by atoms with Crippen molar-refractivity contribution in [2.75, 3.05) is 0 Å². The van der Waals surface area contributed by atoms with Crippen LogP contribution in [0.25, 0.3) is 0 Å². The number of nitrogens with one attached hydrogen (secondary N) is 1. The average molecular weight is 269 g/mol. The molecule has 1 aliphatic rings. The van der Waals surface area contributed by atoms with Crippen LogP contribution >= 0.6 is 0 Å². The van der Waals surface area contributed by atoms with Gasteiger partial charge in [0.2, 0.25) is 10.0 Å². The summed E-state index contributed by atoms with van der Waals surface area (Å²) < 4.78 is 27.4. The maximum atomic E-state index is 12.3. The first-order chi connectivity index (χ1) is 8.37. The van der Waals surface area contributed by atoms with Crippen molar-refractivity contribution in [1.29, 1.82) is 0 Å². The first kappa shape index (κ1) is 13.5. The highest BCUT2D eigenvalue weighted by molar-refractivity contribution is 7.89. The van der Waals surface area contributed by atoms with E-state index in [9.17, 15) is 13.5 Å². The lowest BCUT2D eigenvalue weighted by molar-refractivity contribution is 0.278. The van der Waals surface area contributed by atoms with Crippen LogP contribution < -0.4 is 4.72 Å². The molecule has 0 radical (unpaired) electrons. The van der Waals surface area contributed by atoms with Crippen LogP contribution in [0.15, 0.2) is 29.2 Å². The molecule has 5 heteroatoms. The van der Waals surface area contributed by atoms with Gasteiger partial charge in [-0.2, -0.15) is 0 Å². The summed E-state index contributed by atoms with van der Waals surface area (Å²) in [7, 11) is -3.58. The van der Waals surface area contributed by atoms with Crippen molar-refractivity contribution in [2.45, 2.75) is 43.7 Å². The predicted molar refractivity (Wildman–Crippen MR) is 69.5 cm³/mol. The minimum atomic E-state index is -3.58. The van der Waals surface area contributed by atoms with Crippen LogP contribution in [-0.4, -0.2) is 19.1 Å². The first-order valence-corrected chi connectivity index (χ1v) is 7.58. The molecule has 0 aromatic heterocycles. The van der Waals surface area contributed by atoms with E-state index in [1.54, 1.807) is 18.2 Å². The molecule has 18 heavy (non-hydrogen) atoms. The number of aliphatic hydroxyl groups is 1. The highest BCUT2D eigenvalue weighted by Gasteiger charge is 2.40. The third-order valence-corrected chi connectivity index (χ3v) is 5.20. The highest BCUT2D eigenvalue weighted by atomic mass is 32.2. The van der Waals surface area contributed by atoms with E-state index >= 15 is 0 Å². The van der Waals surface area contributed by atoms with Gasteiger partial charge >= 0.3 is 0 Å². The normalized spacial score (nSPS) is 16.8. The van der Waals surface area contributed by atoms with E-state index in [4.69, 9.17) is 0 Å². The summed E-state index contributed by atoms with van der Waals surface area (Å²) >= 11 is 0. The van der Waals surface area contributed by atoms with Gasteiger partial charge in [0.1, 0.15) is 0 Å². The fourth-order valence-electron chi connectivity index (χ4n) is 2.19. The number of sulfonamides is 1. The minimum Gasteiger partial charge on any atom is -0.392 e. The second-order valence-electron chi connectivity index (χ2n) is 5.37. The van der Waals surface area contributed by atoms with Crippen molar-refractivity contribution in [1.82, 2.24) is 4.72 Å². The van der Waals surface area contributed by atoms with Crippen molar-refractivity contribution in [3.8, 4) is 0 Å². The van der Waals surface area contributed by atoms with Crippen molar-refractivity contribution < 1.29 is 13.5 Å². The van der Waals surface area contributed by atoms with E-state index in [0.717, 1.165) is 12.8 Å². The molecule has 0 aliphatic heterocycles. The van der Waals surface area contributed by atoms with E-state index in [2.05, 4.69) is 4.72 Å². The van der Waals surface area contributed by atoms with Crippen molar-refractivity contribution in [2.24, 2.45) is 5.92 Å². The molecule has 0 amide bonds. The Bertz CT molecular complexity index is 533. The fraction of sp³-hybridized carbons (Fsp3) is 0.538. The molecule has 1 aromatic carbocycles. The molecule has 100 valence electrons. The Morgan fingerprint density at radius 1 is 1.33 bits per heavy atom. The second-order valence-corrected chi connectivity index (χ2v) is 7.02. The maximum absolute atomic E-state index is 12.3. The Morgan fingerprint density at radius 3 is 2.50 bits per heavy atom. The number of aliphatic hydroxyl groups excluding tert-OH is 1. The molecule has 0 bridgehead atoms. The molecule has 0 saturated heterocycles. The molecule has 0 atom stereocenters. The van der Waals surface area contributed by atoms with Gasteiger partial charge < -0.3 is 5.11 Å². The Labute approximate surface area is 108 Å². The third-order valence-electron chi connectivity index (χ3n) is 3.43. The van der Waals surface area contributed by atoms with Crippen molar-refractivity contribution >= 4 is 10.0 Å². The van der Waals surface area contributed by atoms with Crippen molar-refractivity contribution in [3.05, 3.63) is 29.8 Å². The summed E-state index contributed by atoms with van der Waals surface area (Å²) in [5.74, 6) is 0.411. The zero-order valence-electron chi connectivity index (χ0n) is 10.7. The second kappa shape index (κ2) is 4.64. The molecule has 1 aliphatic carbocycles. The molecule has 1 fully saturated rings. The fourth-order valence-corrected chi connectivity index (χ4v) is 3.89. The Morgan fingerprint density at radius 2 is 1.94 bits per heavy atom. The van der Waals surface area contributed by atoms with Gasteiger partial charge in [0, 0.05) is 5.54 Å². The Balaban J connectivity index is 2.30. The molecule has 2 rings (SSSR count). The predicted octanol–water partition coefficient (Wildman–Crippen LogP) is 1.65. The van der Waals surface area contributed by atoms with E-state index in [0.29, 0.717) is 11.5 Å². The number of rotatable bonds is 5. The Kier molecular flexibility index (Phi) is 3.49. The molecular formula is C13H19NO3S. The van der Waals surface area contributed by atoms with Gasteiger partial charge in [-0.15, -0.1) is 0 Å². The van der Waals surface area contributed by atoms with Gasteiger partial charge in [-0.1, -0.05) is 18.2 Å². The summed E-state index contributed by atoms with van der Waals surface area (Å²) in [6.07, 6.45) is 2.13. The van der Waals surface area contributed by atoms with Crippen LogP contribution in [0.3, 0.4) is 0 Å². The summed E-state index contributed by atoms with van der Waals surface area (Å²) in [5, 5.41) is 9.21. The smallest absolute Gasteiger partial charge is 0.241 e. The summed E-state index contributed by atoms with van der Waals surface area (Å²) in [4.78, 5) is 0.168. The van der Waals surface area contributed by atoms with Gasteiger partial charge in [0.15, 0.2) is 0 Å². The van der Waals surface area contributed by atoms with Gasteiger partial charge in [-0.25, -0.2) is 13.1 Å². The Hall–Kier alpha value is -0.910. The van der Waals surface area contributed by atoms with Gasteiger partial charge in [0.05, 0.1) is 11.5 Å². The SMILES string of the molecule is CC(C)(NS(=O)(=O)c1ccccc1CO)C1CC1. The van der Waals surface area contributed by atoms with Crippen LogP contribution in [-0.2, 0) is 16.6 Å². The quantitative estimate of drug-likeness (QED) is 0.854. The molecule has 4 nitrogen and oxygen atoms in total. The van der Waals surface area contributed by atoms with Crippen LogP contribution in [0.2, 0.25) is 0 Å². The first-order valence-electron chi connectivity index (χ1n) is 6.09. The molecule has 0 heterocycles. The van der Waals surface area contributed by atoms with Crippen LogP contribution in [0.1, 0.15) is 32.3 Å². The van der Waals surface area contributed by atoms with Crippen LogP contribution in [0, 0.1) is 5.92 Å². The van der Waals surface area contributed by atoms with E-state index < -0.39 is 15.6 Å². The molecule has 1 saturated carbocycles. The maximum Gasteiger partial charge on any atom is 0.241 e. The van der Waals surface area contributed by atoms with Gasteiger partial charge in [-0.05, 0) is 44.2 Å². The lowest BCUT2D eigenvalue weighted by Crippen LogP contribution is -2.45. The van der Waals surface area contributed by atoms with Gasteiger partial charge in [-0.3, -0.25) is 0 Å². The highest BCUT2D eigenvalue weighted by Crippen LogP contribution is 2.40. The standard InChI is InChI=1S/C13H19NO3S/c1-13(2,11-7-8-11)14-18(16,17)12-6-4-3-5-10(12)9-15/h3-6,11,14-15H,7-9H2,1-2H3. The van der Waals surface area contributed by atoms with Crippen LogP contribution in [0.4, 0.5) is 0 Å². The summed E-state index contributed by atoms with van der Waals surface area (Å²) in [5.41, 5.74) is -0.00176. The van der Waals surface area contributed by atoms with Gasteiger partial charge in [0.25, 0.3) is 0 Å². The summed E-state index contributed by atoms with van der Waals surface area (Å²) in [6, 6.07) is 6.53. The summed E-state index contributed by atoms with van der Waals surface area (Å²) in [6.45, 7) is 3.54. The lowest BCUT2D eigenvalue weighted by Gasteiger charge is -2.26. The third kappa shape index (κ3) is 2.74. The zero-order valence-corrected chi connectivity index (χ0v) is 11.5. The zero-order chi connectivity index (χ0) is 13.4. The minimum absolute atomic E-state index is 0.168. The van der Waals surface area contributed by atoms with E-state index in [1.807, 2.05) is 13.8 Å². The topological polar surface area (TPSA) is 66.4 Å². The van der Waals surface area contributed by atoms with E-state index in [1.165, 1.54) is 6.07 Å². The van der Waals surface area contributed by atoms with E-state index in [-0.39, 0.29) is 11.5 Å². The molecule has 0 spiro atoms.